The van der Waals surface area contributed by atoms with Crippen LogP contribution in [0.15, 0.2) is 23.8 Å². The van der Waals surface area contributed by atoms with Crippen molar-refractivity contribution in [3.8, 4) is 0 Å². The fourth-order valence-corrected chi connectivity index (χ4v) is 3.12. The monoisotopic (exact) mass is 304 g/mol. The van der Waals surface area contributed by atoms with Crippen molar-refractivity contribution in [2.24, 2.45) is 0 Å². The highest BCUT2D eigenvalue weighted by Crippen LogP contribution is 2.22. The second kappa shape index (κ2) is 7.98. The van der Waals surface area contributed by atoms with E-state index in [1.165, 1.54) is 10.4 Å². The minimum atomic E-state index is 0.350. The predicted octanol–water partition coefficient (Wildman–Crippen LogP) is 3.97. The Bertz CT molecular complexity index is 539. The lowest BCUT2D eigenvalue weighted by molar-refractivity contribution is 0.789. The second-order valence-corrected chi connectivity index (χ2v) is 6.19. The van der Waals surface area contributed by atoms with Crippen molar-refractivity contribution in [2.75, 3.05) is 17.2 Å². The van der Waals surface area contributed by atoms with Crippen LogP contribution in [0.5, 0.6) is 0 Å². The van der Waals surface area contributed by atoms with Gasteiger partial charge in [-0.3, -0.25) is 0 Å². The first-order valence-corrected chi connectivity index (χ1v) is 8.49. The van der Waals surface area contributed by atoms with Crippen LogP contribution in [0, 0.1) is 0 Å². The zero-order valence-electron chi connectivity index (χ0n) is 13.0. The molecule has 0 aliphatic heterocycles. The number of nitrogens with zero attached hydrogens (tertiary/aromatic N) is 2. The van der Waals surface area contributed by atoms with Crippen LogP contribution in [0.25, 0.3) is 0 Å². The van der Waals surface area contributed by atoms with Crippen LogP contribution in [0.4, 0.5) is 11.6 Å². The van der Waals surface area contributed by atoms with Crippen molar-refractivity contribution in [3.63, 3.8) is 0 Å². The Labute approximate surface area is 131 Å². The summed E-state index contributed by atoms with van der Waals surface area (Å²) in [6.07, 6.45) is 4.66. The van der Waals surface area contributed by atoms with E-state index in [1.54, 1.807) is 17.7 Å². The van der Waals surface area contributed by atoms with Gasteiger partial charge in [-0.25, -0.2) is 9.97 Å². The third-order valence-corrected chi connectivity index (χ3v) is 4.21. The Kier molecular flexibility index (Phi) is 5.99. The van der Waals surface area contributed by atoms with Gasteiger partial charge in [0.1, 0.15) is 18.0 Å². The van der Waals surface area contributed by atoms with Gasteiger partial charge in [-0.2, -0.15) is 0 Å². The summed E-state index contributed by atoms with van der Waals surface area (Å²) in [5.74, 6) is 1.91. The van der Waals surface area contributed by atoms with E-state index < -0.39 is 0 Å². The van der Waals surface area contributed by atoms with Crippen molar-refractivity contribution < 1.29 is 0 Å². The van der Waals surface area contributed by atoms with Crippen LogP contribution in [-0.4, -0.2) is 22.6 Å². The quantitative estimate of drug-likeness (QED) is 0.775. The summed E-state index contributed by atoms with van der Waals surface area (Å²) in [5, 5.41) is 9.04. The number of hydrogen-bond acceptors (Lipinski definition) is 5. The van der Waals surface area contributed by atoms with Gasteiger partial charge in [0.15, 0.2) is 0 Å². The fraction of sp³-hybridized carbons (Fsp3) is 0.500. The molecule has 1 unspecified atom stereocenters. The molecule has 2 aromatic heterocycles. The maximum absolute atomic E-state index is 4.43. The van der Waals surface area contributed by atoms with E-state index in [-0.39, 0.29) is 0 Å². The SMILES string of the molecule is CCCNc1ncnc(NC(C)Cc2cccs2)c1CC. The number of thiophene rings is 1. The molecule has 0 aliphatic carbocycles. The van der Waals surface area contributed by atoms with Crippen LogP contribution in [0.3, 0.4) is 0 Å². The van der Waals surface area contributed by atoms with Crippen LogP contribution in [0.2, 0.25) is 0 Å². The standard InChI is InChI=1S/C16H24N4S/c1-4-8-17-15-14(5-2)16(19-11-18-15)20-12(3)10-13-7-6-9-21-13/h6-7,9,11-12H,4-5,8,10H2,1-3H3,(H2,17,18,19,20). The van der Waals surface area contributed by atoms with Crippen LogP contribution < -0.4 is 10.6 Å². The third kappa shape index (κ3) is 4.43. The highest BCUT2D eigenvalue weighted by molar-refractivity contribution is 7.09. The van der Waals surface area contributed by atoms with E-state index in [2.05, 4.69) is 58.9 Å². The van der Waals surface area contributed by atoms with Gasteiger partial charge in [-0.05, 0) is 31.2 Å². The number of nitrogens with one attached hydrogen (secondary N) is 2. The van der Waals surface area contributed by atoms with Gasteiger partial charge in [0.25, 0.3) is 0 Å². The molecular formula is C16H24N4S. The van der Waals surface area contributed by atoms with Gasteiger partial charge >= 0.3 is 0 Å². The van der Waals surface area contributed by atoms with Gasteiger partial charge in [0.2, 0.25) is 0 Å². The van der Waals surface area contributed by atoms with Gasteiger partial charge in [0, 0.05) is 29.4 Å². The second-order valence-electron chi connectivity index (χ2n) is 5.16. The smallest absolute Gasteiger partial charge is 0.134 e. The van der Waals surface area contributed by atoms with Gasteiger partial charge in [0.05, 0.1) is 0 Å². The van der Waals surface area contributed by atoms with Crippen molar-refractivity contribution in [1.29, 1.82) is 0 Å². The van der Waals surface area contributed by atoms with Crippen LogP contribution in [-0.2, 0) is 12.8 Å². The summed E-state index contributed by atoms with van der Waals surface area (Å²) in [7, 11) is 0. The Balaban J connectivity index is 2.07. The molecule has 2 rings (SSSR count). The molecule has 4 nitrogen and oxygen atoms in total. The van der Waals surface area contributed by atoms with Crippen molar-refractivity contribution in [2.45, 2.75) is 46.1 Å². The largest absolute Gasteiger partial charge is 0.370 e. The molecule has 2 N–H and O–H groups in total. The zero-order valence-corrected chi connectivity index (χ0v) is 13.8. The molecule has 0 aliphatic rings. The van der Waals surface area contributed by atoms with E-state index >= 15 is 0 Å². The molecule has 2 aromatic rings. The van der Waals surface area contributed by atoms with Gasteiger partial charge in [-0.15, -0.1) is 11.3 Å². The summed E-state index contributed by atoms with van der Waals surface area (Å²) >= 11 is 1.80. The Hall–Kier alpha value is -1.62. The average molecular weight is 304 g/mol. The van der Waals surface area contributed by atoms with Gasteiger partial charge in [-0.1, -0.05) is 19.9 Å². The normalized spacial score (nSPS) is 12.1. The Morgan fingerprint density at radius 2 is 2.05 bits per heavy atom. The minimum Gasteiger partial charge on any atom is -0.370 e. The highest BCUT2D eigenvalue weighted by Gasteiger charge is 2.12. The molecule has 0 saturated heterocycles. The first kappa shape index (κ1) is 15.8. The van der Waals surface area contributed by atoms with Crippen molar-refractivity contribution >= 4 is 23.0 Å². The van der Waals surface area contributed by atoms with Crippen molar-refractivity contribution in [1.82, 2.24) is 9.97 Å². The summed E-state index contributed by atoms with van der Waals surface area (Å²) in [5.41, 5.74) is 1.17. The fourth-order valence-electron chi connectivity index (χ4n) is 2.28. The van der Waals surface area contributed by atoms with E-state index in [0.717, 1.165) is 37.4 Å². The Morgan fingerprint density at radius 1 is 1.24 bits per heavy atom. The molecule has 21 heavy (non-hydrogen) atoms. The van der Waals surface area contributed by atoms with Crippen LogP contribution >= 0.6 is 11.3 Å². The highest BCUT2D eigenvalue weighted by atomic mass is 32.1. The summed E-state index contributed by atoms with van der Waals surface area (Å²) < 4.78 is 0. The summed E-state index contributed by atoms with van der Waals surface area (Å²) in [6.45, 7) is 7.43. The molecule has 0 spiro atoms. The maximum Gasteiger partial charge on any atom is 0.134 e. The first-order valence-electron chi connectivity index (χ1n) is 7.61. The lowest BCUT2D eigenvalue weighted by atomic mass is 10.1. The van der Waals surface area contributed by atoms with E-state index in [0.29, 0.717) is 6.04 Å². The van der Waals surface area contributed by atoms with Gasteiger partial charge < -0.3 is 10.6 Å². The molecule has 114 valence electrons. The molecule has 5 heteroatoms. The van der Waals surface area contributed by atoms with E-state index in [9.17, 15) is 0 Å². The number of rotatable bonds is 8. The molecule has 0 aromatic carbocycles. The summed E-state index contributed by atoms with van der Waals surface area (Å²) in [4.78, 5) is 10.2. The molecule has 0 fully saturated rings. The van der Waals surface area contributed by atoms with E-state index in [4.69, 9.17) is 0 Å². The molecular weight excluding hydrogens is 280 g/mol. The lowest BCUT2D eigenvalue weighted by Gasteiger charge is -2.18. The average Bonchev–Trinajstić information content (AvgIpc) is 2.97. The molecule has 2 heterocycles. The Morgan fingerprint density at radius 3 is 2.71 bits per heavy atom. The lowest BCUT2D eigenvalue weighted by Crippen LogP contribution is -2.20. The summed E-state index contributed by atoms with van der Waals surface area (Å²) in [6, 6.07) is 4.63. The molecule has 0 saturated carbocycles. The molecule has 0 radical (unpaired) electrons. The molecule has 1 atom stereocenters. The first-order chi connectivity index (χ1) is 10.2. The maximum atomic E-state index is 4.43. The minimum absolute atomic E-state index is 0.350. The predicted molar refractivity (Wildman–Crippen MR) is 91.3 cm³/mol. The van der Waals surface area contributed by atoms with Crippen LogP contribution in [0.1, 0.15) is 37.6 Å². The number of anilines is 2. The van der Waals surface area contributed by atoms with Crippen molar-refractivity contribution in [3.05, 3.63) is 34.3 Å². The molecule has 0 amide bonds. The topological polar surface area (TPSA) is 49.8 Å². The molecule has 0 bridgehead atoms. The zero-order chi connectivity index (χ0) is 15.1. The third-order valence-electron chi connectivity index (χ3n) is 3.31. The number of hydrogen-bond donors (Lipinski definition) is 2. The van der Waals surface area contributed by atoms with E-state index in [1.807, 2.05) is 0 Å². The number of aromatic nitrogens is 2.